The van der Waals surface area contributed by atoms with E-state index >= 15 is 0 Å². The molecule has 0 bridgehead atoms. The molecule has 1 N–H and O–H groups in total. The second-order valence-corrected chi connectivity index (χ2v) is 4.78. The number of carbonyl (C=O) groups is 1. The Bertz CT molecular complexity index is 208. The van der Waals surface area contributed by atoms with E-state index in [0.717, 1.165) is 13.0 Å². The van der Waals surface area contributed by atoms with E-state index in [9.17, 15) is 4.79 Å². The van der Waals surface area contributed by atoms with E-state index in [1.807, 2.05) is 0 Å². The molecule has 0 aliphatic carbocycles. The SMILES string of the molecule is CC(C)C1CCCN1CC(Cl)C(=O)O. The van der Waals surface area contributed by atoms with Crippen LogP contribution >= 0.6 is 11.6 Å². The summed E-state index contributed by atoms with van der Waals surface area (Å²) < 4.78 is 0. The molecule has 0 aromatic carbocycles. The van der Waals surface area contributed by atoms with E-state index in [4.69, 9.17) is 16.7 Å². The van der Waals surface area contributed by atoms with Crippen molar-refractivity contribution in [3.8, 4) is 0 Å². The summed E-state index contributed by atoms with van der Waals surface area (Å²) in [5, 5.41) is 7.94. The fourth-order valence-corrected chi connectivity index (χ4v) is 2.29. The lowest BCUT2D eigenvalue weighted by molar-refractivity contribution is -0.137. The van der Waals surface area contributed by atoms with Gasteiger partial charge < -0.3 is 5.11 Å². The van der Waals surface area contributed by atoms with Gasteiger partial charge in [0.15, 0.2) is 0 Å². The highest BCUT2D eigenvalue weighted by atomic mass is 35.5. The minimum absolute atomic E-state index is 0.472. The van der Waals surface area contributed by atoms with E-state index in [-0.39, 0.29) is 0 Å². The summed E-state index contributed by atoms with van der Waals surface area (Å²) in [6.45, 7) is 5.80. The fraction of sp³-hybridized carbons (Fsp3) is 0.900. The average Bonchev–Trinajstić information content (AvgIpc) is 2.52. The van der Waals surface area contributed by atoms with Gasteiger partial charge in [0.1, 0.15) is 5.38 Å². The number of likely N-dealkylation sites (tertiary alicyclic amines) is 1. The van der Waals surface area contributed by atoms with Gasteiger partial charge in [-0.05, 0) is 25.3 Å². The van der Waals surface area contributed by atoms with Crippen LogP contribution in [-0.4, -0.2) is 40.5 Å². The van der Waals surface area contributed by atoms with Crippen molar-refractivity contribution in [1.29, 1.82) is 0 Å². The van der Waals surface area contributed by atoms with E-state index in [0.29, 0.717) is 18.5 Å². The van der Waals surface area contributed by atoms with Crippen LogP contribution in [0.15, 0.2) is 0 Å². The Labute approximate surface area is 90.0 Å². The van der Waals surface area contributed by atoms with Gasteiger partial charge in [0.25, 0.3) is 0 Å². The summed E-state index contributed by atoms with van der Waals surface area (Å²) >= 11 is 5.72. The van der Waals surface area contributed by atoms with E-state index < -0.39 is 11.3 Å². The average molecular weight is 220 g/mol. The molecule has 1 saturated heterocycles. The second kappa shape index (κ2) is 4.99. The van der Waals surface area contributed by atoms with Gasteiger partial charge in [-0.1, -0.05) is 13.8 Å². The number of alkyl halides is 1. The zero-order chi connectivity index (χ0) is 10.7. The standard InChI is InChI=1S/C10H18ClNO2/c1-7(2)9-4-3-5-12(9)6-8(11)10(13)14/h7-9H,3-6H2,1-2H3,(H,13,14). The Balaban J connectivity index is 2.47. The smallest absolute Gasteiger partial charge is 0.322 e. The molecule has 0 radical (unpaired) electrons. The highest BCUT2D eigenvalue weighted by molar-refractivity contribution is 6.29. The minimum Gasteiger partial charge on any atom is -0.480 e. The van der Waals surface area contributed by atoms with Gasteiger partial charge in [-0.2, -0.15) is 0 Å². The summed E-state index contributed by atoms with van der Waals surface area (Å²) in [7, 11) is 0. The van der Waals surface area contributed by atoms with Gasteiger partial charge in [0, 0.05) is 12.6 Å². The molecule has 0 aromatic heterocycles. The second-order valence-electron chi connectivity index (χ2n) is 4.25. The molecule has 1 rings (SSSR count). The maximum Gasteiger partial charge on any atom is 0.322 e. The largest absolute Gasteiger partial charge is 0.480 e. The Morgan fingerprint density at radius 1 is 1.64 bits per heavy atom. The highest BCUT2D eigenvalue weighted by Crippen LogP contribution is 2.24. The van der Waals surface area contributed by atoms with Gasteiger partial charge in [-0.15, -0.1) is 11.6 Å². The Hall–Kier alpha value is -0.280. The van der Waals surface area contributed by atoms with Crippen molar-refractivity contribution >= 4 is 17.6 Å². The zero-order valence-corrected chi connectivity index (χ0v) is 9.50. The van der Waals surface area contributed by atoms with Gasteiger partial charge in [-0.3, -0.25) is 9.69 Å². The number of halogens is 1. The Kier molecular flexibility index (Phi) is 4.20. The number of aliphatic carboxylic acids is 1. The maximum atomic E-state index is 10.6. The molecule has 2 atom stereocenters. The van der Waals surface area contributed by atoms with Crippen LogP contribution in [-0.2, 0) is 4.79 Å². The first-order valence-corrected chi connectivity index (χ1v) is 5.57. The van der Waals surface area contributed by atoms with Gasteiger partial charge in [0.2, 0.25) is 0 Å². The van der Waals surface area contributed by atoms with Crippen molar-refractivity contribution < 1.29 is 9.90 Å². The zero-order valence-electron chi connectivity index (χ0n) is 8.74. The van der Waals surface area contributed by atoms with Gasteiger partial charge >= 0.3 is 5.97 Å². The van der Waals surface area contributed by atoms with Gasteiger partial charge in [0.05, 0.1) is 0 Å². The predicted octanol–water partition coefficient (Wildman–Crippen LogP) is 1.80. The molecule has 0 amide bonds. The lowest BCUT2D eigenvalue weighted by atomic mass is 10.0. The molecule has 14 heavy (non-hydrogen) atoms. The number of hydrogen-bond acceptors (Lipinski definition) is 2. The first kappa shape index (κ1) is 11.8. The van der Waals surface area contributed by atoms with E-state index in [2.05, 4.69) is 18.7 Å². The van der Waals surface area contributed by atoms with Gasteiger partial charge in [-0.25, -0.2) is 0 Å². The quantitative estimate of drug-likeness (QED) is 0.734. The lowest BCUT2D eigenvalue weighted by Crippen LogP contribution is -2.39. The molecule has 4 heteroatoms. The minimum atomic E-state index is -0.916. The fourth-order valence-electron chi connectivity index (χ4n) is 2.12. The summed E-state index contributed by atoms with van der Waals surface area (Å²) in [4.78, 5) is 12.8. The monoisotopic (exact) mass is 219 g/mol. The number of hydrogen-bond donors (Lipinski definition) is 1. The summed E-state index contributed by atoms with van der Waals surface area (Å²) in [5.74, 6) is -0.337. The Morgan fingerprint density at radius 2 is 2.29 bits per heavy atom. The number of rotatable bonds is 4. The predicted molar refractivity (Wildman–Crippen MR) is 56.7 cm³/mol. The van der Waals surface area contributed by atoms with Crippen molar-refractivity contribution in [2.24, 2.45) is 5.92 Å². The summed E-state index contributed by atoms with van der Waals surface area (Å²) in [6, 6.07) is 0.510. The topological polar surface area (TPSA) is 40.5 Å². The van der Waals surface area contributed by atoms with Crippen molar-refractivity contribution in [1.82, 2.24) is 4.90 Å². The van der Waals surface area contributed by atoms with Crippen LogP contribution < -0.4 is 0 Å². The molecule has 1 aliphatic rings. The molecular formula is C10H18ClNO2. The van der Waals surface area contributed by atoms with Crippen LogP contribution in [0.4, 0.5) is 0 Å². The molecule has 2 unspecified atom stereocenters. The van der Waals surface area contributed by atoms with Crippen molar-refractivity contribution in [3.05, 3.63) is 0 Å². The normalized spacial score (nSPS) is 25.6. The third-order valence-electron chi connectivity index (χ3n) is 2.85. The number of carboxylic acid groups (broad SMARTS) is 1. The van der Waals surface area contributed by atoms with Crippen LogP contribution in [0.2, 0.25) is 0 Å². The van der Waals surface area contributed by atoms with Crippen LogP contribution in [0.5, 0.6) is 0 Å². The Morgan fingerprint density at radius 3 is 2.79 bits per heavy atom. The molecule has 0 spiro atoms. The van der Waals surface area contributed by atoms with Crippen LogP contribution in [0.1, 0.15) is 26.7 Å². The third kappa shape index (κ3) is 2.85. The lowest BCUT2D eigenvalue weighted by Gasteiger charge is -2.28. The van der Waals surface area contributed by atoms with Crippen LogP contribution in [0, 0.1) is 5.92 Å². The molecular weight excluding hydrogens is 202 g/mol. The maximum absolute atomic E-state index is 10.6. The molecule has 1 heterocycles. The molecule has 1 aliphatic heterocycles. The first-order valence-electron chi connectivity index (χ1n) is 5.13. The van der Waals surface area contributed by atoms with Crippen LogP contribution in [0.3, 0.4) is 0 Å². The van der Waals surface area contributed by atoms with Crippen LogP contribution in [0.25, 0.3) is 0 Å². The molecule has 3 nitrogen and oxygen atoms in total. The summed E-state index contributed by atoms with van der Waals surface area (Å²) in [6.07, 6.45) is 2.33. The highest BCUT2D eigenvalue weighted by Gasteiger charge is 2.29. The first-order chi connectivity index (χ1) is 6.52. The molecule has 0 aromatic rings. The van der Waals surface area contributed by atoms with Crippen molar-refractivity contribution in [3.63, 3.8) is 0 Å². The van der Waals surface area contributed by atoms with E-state index in [1.54, 1.807) is 0 Å². The summed E-state index contributed by atoms with van der Waals surface area (Å²) in [5.41, 5.74) is 0. The number of nitrogens with zero attached hydrogens (tertiary/aromatic N) is 1. The van der Waals surface area contributed by atoms with Crippen molar-refractivity contribution in [2.75, 3.05) is 13.1 Å². The molecule has 82 valence electrons. The molecule has 1 fully saturated rings. The number of carboxylic acids is 1. The van der Waals surface area contributed by atoms with E-state index in [1.165, 1.54) is 6.42 Å². The third-order valence-corrected chi connectivity index (χ3v) is 3.17. The van der Waals surface area contributed by atoms with Crippen molar-refractivity contribution in [2.45, 2.75) is 38.1 Å². The molecule has 0 saturated carbocycles.